The fourth-order valence-corrected chi connectivity index (χ4v) is 3.17. The van der Waals surface area contributed by atoms with Crippen LogP contribution in [0.2, 0.25) is 0 Å². The molecule has 126 valence electrons. The van der Waals surface area contributed by atoms with Crippen molar-refractivity contribution in [2.45, 2.75) is 25.3 Å². The van der Waals surface area contributed by atoms with Gasteiger partial charge in [-0.1, -0.05) is 0 Å². The van der Waals surface area contributed by atoms with Gasteiger partial charge in [0.15, 0.2) is 0 Å². The molecule has 0 spiro atoms. The summed E-state index contributed by atoms with van der Waals surface area (Å²) in [6.45, 7) is 1.60. The topological polar surface area (TPSA) is 95.0 Å². The van der Waals surface area contributed by atoms with Gasteiger partial charge < -0.3 is 16.0 Å². The van der Waals surface area contributed by atoms with Crippen molar-refractivity contribution < 1.29 is 4.79 Å². The number of thioether (sulfide) groups is 1. The molecule has 23 heavy (non-hydrogen) atoms. The number of nitrogens with two attached hydrogens (primary N) is 1. The summed E-state index contributed by atoms with van der Waals surface area (Å²) in [4.78, 5) is 18.0. The highest BCUT2D eigenvalue weighted by molar-refractivity contribution is 7.99. The third-order valence-electron chi connectivity index (χ3n) is 3.52. The number of carbonyl (C=O) groups excluding carboxylic acids is 1. The number of nitrogens with zero attached hydrogens (tertiary/aromatic N) is 3. The first-order valence-electron chi connectivity index (χ1n) is 7.43. The Labute approximate surface area is 147 Å². The van der Waals surface area contributed by atoms with Crippen molar-refractivity contribution in [2.75, 3.05) is 30.0 Å². The summed E-state index contributed by atoms with van der Waals surface area (Å²) < 4.78 is 0. The summed E-state index contributed by atoms with van der Waals surface area (Å²) in [5.41, 5.74) is 6.51. The van der Waals surface area contributed by atoms with E-state index in [1.54, 1.807) is 30.1 Å². The van der Waals surface area contributed by atoms with Crippen LogP contribution in [-0.2, 0) is 4.79 Å². The summed E-state index contributed by atoms with van der Waals surface area (Å²) in [7, 11) is 0. The first-order chi connectivity index (χ1) is 10.7. The maximum absolute atomic E-state index is 12.0. The van der Waals surface area contributed by atoms with Crippen LogP contribution in [0.4, 0.5) is 5.82 Å². The average molecular weight is 356 g/mol. The maximum Gasteiger partial charge on any atom is 0.240 e. The predicted molar refractivity (Wildman–Crippen MR) is 95.6 cm³/mol. The molecular weight excluding hydrogens is 334 g/mol. The minimum Gasteiger partial charge on any atom is -0.370 e. The molecule has 0 aromatic carbocycles. The minimum atomic E-state index is -0.383. The molecule has 0 unspecified atom stereocenters. The van der Waals surface area contributed by atoms with Gasteiger partial charge in [-0.05, 0) is 31.4 Å². The lowest BCUT2D eigenvalue weighted by molar-refractivity contribution is -0.131. The molecule has 1 amide bonds. The smallest absolute Gasteiger partial charge is 0.240 e. The lowest BCUT2D eigenvalue weighted by Crippen LogP contribution is -2.42. The Morgan fingerprint density at radius 2 is 2.35 bits per heavy atom. The van der Waals surface area contributed by atoms with Gasteiger partial charge in [0, 0.05) is 25.0 Å². The molecule has 1 aromatic heterocycles. The number of anilines is 1. The van der Waals surface area contributed by atoms with Crippen LogP contribution < -0.4 is 11.1 Å². The monoisotopic (exact) mass is 355 g/mol. The molecular formula is C15H22ClN5OS. The molecule has 2 heterocycles. The van der Waals surface area contributed by atoms with Crippen LogP contribution in [0.25, 0.3) is 0 Å². The number of hydrogen-bond acceptors (Lipinski definition) is 6. The van der Waals surface area contributed by atoms with E-state index in [0.29, 0.717) is 12.0 Å². The van der Waals surface area contributed by atoms with Gasteiger partial charge in [0.25, 0.3) is 0 Å². The third-order valence-corrected chi connectivity index (χ3v) is 4.49. The van der Waals surface area contributed by atoms with E-state index in [1.807, 2.05) is 11.0 Å². The van der Waals surface area contributed by atoms with E-state index in [9.17, 15) is 4.79 Å². The van der Waals surface area contributed by atoms with Gasteiger partial charge in [-0.15, -0.1) is 24.2 Å². The number of rotatable bonds is 7. The van der Waals surface area contributed by atoms with Gasteiger partial charge in [-0.3, -0.25) is 4.79 Å². The van der Waals surface area contributed by atoms with Crippen LogP contribution in [0, 0.1) is 11.3 Å². The van der Waals surface area contributed by atoms with E-state index in [-0.39, 0.29) is 24.4 Å². The van der Waals surface area contributed by atoms with Crippen molar-refractivity contribution in [1.29, 1.82) is 5.26 Å². The Balaban J connectivity index is 0.00000264. The molecule has 6 nitrogen and oxygen atoms in total. The maximum atomic E-state index is 12.0. The van der Waals surface area contributed by atoms with E-state index in [0.717, 1.165) is 43.4 Å². The standard InChI is InChI=1S/C15H21N5OS.ClH/c16-9-12-4-5-14(19-10-12)18-6-2-1-3-13(17)15(21)20-7-8-22-11-20;/h4-5,10,13H,1-3,6-8,11,17H2,(H,18,19);1H/t13-;/m0./s1. The number of unbranched alkanes of at least 4 members (excludes halogenated alkanes) is 1. The molecule has 1 aliphatic heterocycles. The molecule has 8 heteroatoms. The normalized spacial score (nSPS) is 14.7. The quantitative estimate of drug-likeness (QED) is 0.724. The van der Waals surface area contributed by atoms with Crippen molar-refractivity contribution in [1.82, 2.24) is 9.88 Å². The molecule has 1 aliphatic rings. The number of nitriles is 1. The first-order valence-corrected chi connectivity index (χ1v) is 8.58. The largest absolute Gasteiger partial charge is 0.370 e. The molecule has 1 atom stereocenters. The molecule has 0 saturated carbocycles. The van der Waals surface area contributed by atoms with E-state index < -0.39 is 0 Å². The second-order valence-corrected chi connectivity index (χ2v) is 6.29. The summed E-state index contributed by atoms with van der Waals surface area (Å²) >= 11 is 1.77. The van der Waals surface area contributed by atoms with Gasteiger partial charge in [0.1, 0.15) is 11.9 Å². The van der Waals surface area contributed by atoms with Crippen LogP contribution in [0.1, 0.15) is 24.8 Å². The number of halogens is 1. The van der Waals surface area contributed by atoms with Crippen LogP contribution >= 0.6 is 24.2 Å². The van der Waals surface area contributed by atoms with Crippen LogP contribution in [0.15, 0.2) is 18.3 Å². The fraction of sp³-hybridized carbons (Fsp3) is 0.533. The van der Waals surface area contributed by atoms with Crippen LogP contribution in [-0.4, -0.2) is 46.6 Å². The van der Waals surface area contributed by atoms with Gasteiger partial charge in [-0.25, -0.2) is 4.98 Å². The Bertz CT molecular complexity index is 528. The number of nitrogens with one attached hydrogen (secondary N) is 1. The molecule has 0 radical (unpaired) electrons. The zero-order valence-electron chi connectivity index (χ0n) is 12.9. The number of carbonyl (C=O) groups is 1. The highest BCUT2D eigenvalue weighted by Crippen LogP contribution is 2.15. The molecule has 2 rings (SSSR count). The Morgan fingerprint density at radius 3 is 2.96 bits per heavy atom. The fourth-order valence-electron chi connectivity index (χ4n) is 2.22. The highest BCUT2D eigenvalue weighted by atomic mass is 35.5. The Morgan fingerprint density at radius 1 is 1.52 bits per heavy atom. The molecule has 3 N–H and O–H groups in total. The van der Waals surface area contributed by atoms with Gasteiger partial charge in [0.05, 0.1) is 17.5 Å². The van der Waals surface area contributed by atoms with Crippen LogP contribution in [0.5, 0.6) is 0 Å². The SMILES string of the molecule is Cl.N#Cc1ccc(NCCCC[C@H](N)C(=O)N2CCSC2)nc1. The van der Waals surface area contributed by atoms with Crippen molar-refractivity contribution in [3.8, 4) is 6.07 Å². The highest BCUT2D eigenvalue weighted by Gasteiger charge is 2.23. The Kier molecular flexibility index (Phi) is 8.77. The summed E-state index contributed by atoms with van der Waals surface area (Å²) in [6, 6.07) is 5.18. The van der Waals surface area contributed by atoms with E-state index in [4.69, 9.17) is 11.0 Å². The lowest BCUT2D eigenvalue weighted by atomic mass is 10.1. The molecule has 1 fully saturated rings. The van der Waals surface area contributed by atoms with Crippen molar-refractivity contribution in [2.24, 2.45) is 5.73 Å². The lowest BCUT2D eigenvalue weighted by Gasteiger charge is -2.19. The van der Waals surface area contributed by atoms with Gasteiger partial charge >= 0.3 is 0 Å². The van der Waals surface area contributed by atoms with E-state index >= 15 is 0 Å². The zero-order valence-corrected chi connectivity index (χ0v) is 14.5. The second kappa shape index (κ2) is 10.3. The molecule has 1 saturated heterocycles. The van der Waals surface area contributed by atoms with Crippen molar-refractivity contribution in [3.63, 3.8) is 0 Å². The number of hydrogen-bond donors (Lipinski definition) is 2. The Hall–Kier alpha value is -1.49. The number of aromatic nitrogens is 1. The first kappa shape index (κ1) is 19.6. The van der Waals surface area contributed by atoms with E-state index in [1.165, 1.54) is 0 Å². The van der Waals surface area contributed by atoms with Gasteiger partial charge in [0.2, 0.25) is 5.91 Å². The van der Waals surface area contributed by atoms with Gasteiger partial charge in [-0.2, -0.15) is 5.26 Å². The average Bonchev–Trinajstić information content (AvgIpc) is 3.08. The number of pyridine rings is 1. The molecule has 1 aromatic rings. The second-order valence-electron chi connectivity index (χ2n) is 5.21. The number of amides is 1. The summed E-state index contributed by atoms with van der Waals surface area (Å²) in [5, 5.41) is 11.9. The van der Waals surface area contributed by atoms with Crippen molar-refractivity contribution >= 4 is 35.9 Å². The predicted octanol–water partition coefficient (Wildman–Crippen LogP) is 1.82. The third kappa shape index (κ3) is 6.26. The molecule has 0 aliphatic carbocycles. The zero-order chi connectivity index (χ0) is 15.8. The van der Waals surface area contributed by atoms with Crippen molar-refractivity contribution in [3.05, 3.63) is 23.9 Å². The van der Waals surface area contributed by atoms with Crippen LogP contribution in [0.3, 0.4) is 0 Å². The van der Waals surface area contributed by atoms with E-state index in [2.05, 4.69) is 10.3 Å². The summed E-state index contributed by atoms with van der Waals surface area (Å²) in [5.74, 6) is 2.62. The summed E-state index contributed by atoms with van der Waals surface area (Å²) in [6.07, 6.45) is 4.09. The molecule has 0 bridgehead atoms. The minimum absolute atomic E-state index is 0.